The Kier molecular flexibility index (Phi) is 5.76. The molecule has 2 aliphatic rings. The summed E-state index contributed by atoms with van der Waals surface area (Å²) < 4.78 is 0. The van der Waals surface area contributed by atoms with Crippen molar-refractivity contribution < 1.29 is 0 Å². The van der Waals surface area contributed by atoms with Crippen molar-refractivity contribution in [2.24, 2.45) is 17.6 Å². The molecule has 1 atom stereocenters. The van der Waals surface area contributed by atoms with Crippen LogP contribution in [0.25, 0.3) is 0 Å². The van der Waals surface area contributed by atoms with Crippen LogP contribution in [0.3, 0.4) is 0 Å². The molecule has 0 bridgehead atoms. The maximum atomic E-state index is 5.92. The number of nitrogens with two attached hydrogens (primary N) is 1. The highest BCUT2D eigenvalue weighted by Crippen LogP contribution is 2.43. The van der Waals surface area contributed by atoms with Crippen LogP contribution in [-0.4, -0.2) is 30.1 Å². The van der Waals surface area contributed by atoms with Crippen LogP contribution in [0.2, 0.25) is 0 Å². The zero-order chi connectivity index (χ0) is 16.1. The van der Waals surface area contributed by atoms with Gasteiger partial charge < -0.3 is 5.73 Å². The summed E-state index contributed by atoms with van der Waals surface area (Å²) in [6, 6.07) is 11.1. The van der Waals surface area contributed by atoms with Crippen LogP contribution in [0.4, 0.5) is 0 Å². The average molecular weight is 315 g/mol. The summed E-state index contributed by atoms with van der Waals surface area (Å²) >= 11 is 0. The van der Waals surface area contributed by atoms with Crippen molar-refractivity contribution in [3.8, 4) is 0 Å². The van der Waals surface area contributed by atoms with Crippen LogP contribution < -0.4 is 5.73 Å². The minimum Gasteiger partial charge on any atom is -0.330 e. The predicted molar refractivity (Wildman–Crippen MR) is 98.5 cm³/mol. The molecule has 1 aromatic rings. The third-order valence-electron chi connectivity index (χ3n) is 6.64. The minimum absolute atomic E-state index is 0.469. The first-order chi connectivity index (χ1) is 11.2. The molecule has 0 aromatic heterocycles. The number of hydrogen-bond donors (Lipinski definition) is 1. The number of likely N-dealkylation sites (tertiary alicyclic amines) is 1. The van der Waals surface area contributed by atoms with Gasteiger partial charge in [0.05, 0.1) is 0 Å². The molecule has 128 valence electrons. The van der Waals surface area contributed by atoms with Crippen molar-refractivity contribution in [3.63, 3.8) is 0 Å². The summed E-state index contributed by atoms with van der Waals surface area (Å²) in [5.41, 5.74) is 7.89. The van der Waals surface area contributed by atoms with Gasteiger partial charge in [0, 0.05) is 5.54 Å². The maximum absolute atomic E-state index is 5.92. The molecular formula is C21H34N2. The highest BCUT2D eigenvalue weighted by molar-refractivity contribution is 5.15. The van der Waals surface area contributed by atoms with Gasteiger partial charge in [-0.1, -0.05) is 37.3 Å². The molecule has 3 rings (SSSR count). The van der Waals surface area contributed by atoms with Crippen LogP contribution in [0.1, 0.15) is 57.4 Å². The Morgan fingerprint density at radius 3 is 2.39 bits per heavy atom. The SMILES string of the molecule is CC(CN)C1CCC(CCc2ccccc2)(N2CCCC2)CC1. The van der Waals surface area contributed by atoms with E-state index in [0.717, 1.165) is 12.5 Å². The van der Waals surface area contributed by atoms with E-state index in [1.165, 1.54) is 70.0 Å². The van der Waals surface area contributed by atoms with Crippen LogP contribution in [-0.2, 0) is 6.42 Å². The van der Waals surface area contributed by atoms with E-state index in [0.29, 0.717) is 11.5 Å². The monoisotopic (exact) mass is 314 g/mol. The molecule has 1 aliphatic heterocycles. The van der Waals surface area contributed by atoms with Gasteiger partial charge in [-0.05, 0) is 88.4 Å². The molecule has 1 saturated carbocycles. The Labute approximate surface area is 142 Å². The van der Waals surface area contributed by atoms with Crippen LogP contribution in [0.15, 0.2) is 30.3 Å². The zero-order valence-electron chi connectivity index (χ0n) is 14.8. The normalized spacial score (nSPS) is 30.4. The molecule has 1 aromatic carbocycles. The molecule has 23 heavy (non-hydrogen) atoms. The number of hydrogen-bond acceptors (Lipinski definition) is 2. The van der Waals surface area contributed by atoms with E-state index >= 15 is 0 Å². The first-order valence-corrected chi connectivity index (χ1v) is 9.72. The van der Waals surface area contributed by atoms with E-state index in [9.17, 15) is 0 Å². The second-order valence-corrected chi connectivity index (χ2v) is 7.95. The summed E-state index contributed by atoms with van der Waals surface area (Å²) in [4.78, 5) is 2.85. The molecule has 0 spiro atoms. The third kappa shape index (κ3) is 3.97. The third-order valence-corrected chi connectivity index (χ3v) is 6.64. The lowest BCUT2D eigenvalue weighted by molar-refractivity contribution is 0.0386. The zero-order valence-corrected chi connectivity index (χ0v) is 14.8. The highest BCUT2D eigenvalue weighted by atomic mass is 15.2. The molecule has 1 heterocycles. The fourth-order valence-corrected chi connectivity index (χ4v) is 4.88. The van der Waals surface area contributed by atoms with Crippen LogP contribution >= 0.6 is 0 Å². The highest BCUT2D eigenvalue weighted by Gasteiger charge is 2.41. The fraction of sp³-hybridized carbons (Fsp3) is 0.714. The van der Waals surface area contributed by atoms with Gasteiger partial charge >= 0.3 is 0 Å². The summed E-state index contributed by atoms with van der Waals surface area (Å²) in [7, 11) is 0. The van der Waals surface area contributed by atoms with Crippen molar-refractivity contribution in [2.75, 3.05) is 19.6 Å². The van der Waals surface area contributed by atoms with E-state index in [-0.39, 0.29) is 0 Å². The lowest BCUT2D eigenvalue weighted by atomic mass is 9.69. The number of rotatable bonds is 6. The average Bonchev–Trinajstić information content (AvgIpc) is 3.16. The van der Waals surface area contributed by atoms with Gasteiger partial charge in [-0.25, -0.2) is 0 Å². The summed E-state index contributed by atoms with van der Waals surface area (Å²) in [6.45, 7) is 5.85. The predicted octanol–water partition coefficient (Wildman–Crippen LogP) is 4.24. The van der Waals surface area contributed by atoms with Gasteiger partial charge in [0.2, 0.25) is 0 Å². The largest absolute Gasteiger partial charge is 0.330 e. The van der Waals surface area contributed by atoms with E-state index in [1.807, 2.05) is 0 Å². The second kappa shape index (κ2) is 7.81. The Morgan fingerprint density at radius 1 is 1.13 bits per heavy atom. The van der Waals surface area contributed by atoms with Gasteiger partial charge in [0.15, 0.2) is 0 Å². The second-order valence-electron chi connectivity index (χ2n) is 7.95. The Hall–Kier alpha value is -0.860. The Bertz CT molecular complexity index is 456. The van der Waals surface area contributed by atoms with Crippen LogP contribution in [0, 0.1) is 11.8 Å². The quantitative estimate of drug-likeness (QED) is 0.851. The van der Waals surface area contributed by atoms with Crippen molar-refractivity contribution in [3.05, 3.63) is 35.9 Å². The summed E-state index contributed by atoms with van der Waals surface area (Å²) in [6.07, 6.45) is 10.9. The van der Waals surface area contributed by atoms with Crippen molar-refractivity contribution in [1.29, 1.82) is 0 Å². The Balaban J connectivity index is 1.66. The molecular weight excluding hydrogens is 280 g/mol. The topological polar surface area (TPSA) is 29.3 Å². The molecule has 1 saturated heterocycles. The standard InChI is InChI=1S/C21H34N2/c1-18(17-22)20-10-13-21(14-11-20,23-15-5-6-16-23)12-9-19-7-3-2-4-8-19/h2-4,7-8,18,20H,5-6,9-17,22H2,1H3. The number of benzene rings is 1. The van der Waals surface area contributed by atoms with Crippen molar-refractivity contribution in [2.45, 2.75) is 63.8 Å². The van der Waals surface area contributed by atoms with Crippen molar-refractivity contribution in [1.82, 2.24) is 4.90 Å². The first kappa shape index (κ1) is 17.0. The molecule has 1 unspecified atom stereocenters. The fourth-order valence-electron chi connectivity index (χ4n) is 4.88. The molecule has 0 amide bonds. The first-order valence-electron chi connectivity index (χ1n) is 9.72. The van der Waals surface area contributed by atoms with Gasteiger partial charge in [-0.2, -0.15) is 0 Å². The number of aryl methyl sites for hydroxylation is 1. The number of nitrogens with zero attached hydrogens (tertiary/aromatic N) is 1. The molecule has 2 nitrogen and oxygen atoms in total. The van der Waals surface area contributed by atoms with Crippen LogP contribution in [0.5, 0.6) is 0 Å². The van der Waals surface area contributed by atoms with E-state index in [4.69, 9.17) is 5.73 Å². The van der Waals surface area contributed by atoms with E-state index in [2.05, 4.69) is 42.2 Å². The molecule has 2 N–H and O–H groups in total. The van der Waals surface area contributed by atoms with E-state index < -0.39 is 0 Å². The maximum Gasteiger partial charge on any atom is 0.0213 e. The lowest BCUT2D eigenvalue weighted by Crippen LogP contribution is -2.50. The van der Waals surface area contributed by atoms with Gasteiger partial charge in [0.1, 0.15) is 0 Å². The minimum atomic E-state index is 0.469. The summed E-state index contributed by atoms with van der Waals surface area (Å²) in [5.74, 6) is 1.55. The van der Waals surface area contributed by atoms with Gasteiger partial charge in [0.25, 0.3) is 0 Å². The Morgan fingerprint density at radius 2 is 1.78 bits per heavy atom. The molecule has 1 aliphatic carbocycles. The smallest absolute Gasteiger partial charge is 0.0213 e. The lowest BCUT2D eigenvalue weighted by Gasteiger charge is -2.48. The van der Waals surface area contributed by atoms with Gasteiger partial charge in [-0.15, -0.1) is 0 Å². The molecule has 2 fully saturated rings. The van der Waals surface area contributed by atoms with Gasteiger partial charge in [-0.3, -0.25) is 4.90 Å². The molecule has 2 heteroatoms. The molecule has 0 radical (unpaired) electrons. The van der Waals surface area contributed by atoms with Crippen molar-refractivity contribution >= 4 is 0 Å². The van der Waals surface area contributed by atoms with E-state index in [1.54, 1.807) is 0 Å². The summed E-state index contributed by atoms with van der Waals surface area (Å²) in [5, 5.41) is 0.